The molecule has 5 nitrogen and oxygen atoms in total. The van der Waals surface area contributed by atoms with Gasteiger partial charge in [-0.15, -0.1) is 0 Å². The van der Waals surface area contributed by atoms with Crippen LogP contribution in [-0.2, 0) is 0 Å². The second-order valence-electron chi connectivity index (χ2n) is 5.07. The first kappa shape index (κ1) is 15.2. The maximum absolute atomic E-state index is 5.30. The van der Waals surface area contributed by atoms with Crippen LogP contribution in [-0.4, -0.2) is 16.5 Å². The number of nitrogen functional groups attached to an aromatic ring is 1. The van der Waals surface area contributed by atoms with Crippen LogP contribution in [0.15, 0.2) is 10.7 Å². The number of nitrogens with two attached hydrogens (primary N) is 1. The quantitative estimate of drug-likeness (QED) is 0.556. The summed E-state index contributed by atoms with van der Waals surface area (Å²) < 4.78 is 0.841. The summed E-state index contributed by atoms with van der Waals surface area (Å²) >= 11 is 3.43. The van der Waals surface area contributed by atoms with Gasteiger partial charge in [-0.3, -0.25) is 5.43 Å². The van der Waals surface area contributed by atoms with Crippen LogP contribution < -0.4 is 16.6 Å². The summed E-state index contributed by atoms with van der Waals surface area (Å²) in [5, 5.41) is 3.36. The third-order valence-corrected chi connectivity index (χ3v) is 3.67. The molecule has 0 fully saturated rings. The first-order valence-corrected chi connectivity index (χ1v) is 6.98. The van der Waals surface area contributed by atoms with Gasteiger partial charge < -0.3 is 5.32 Å². The van der Waals surface area contributed by atoms with Gasteiger partial charge in [0.25, 0.3) is 0 Å². The fourth-order valence-electron chi connectivity index (χ4n) is 2.02. The number of rotatable bonds is 6. The van der Waals surface area contributed by atoms with Gasteiger partial charge in [-0.2, -0.15) is 4.98 Å². The lowest BCUT2D eigenvalue weighted by molar-refractivity contribution is 0.304. The number of nitrogens with one attached hydrogen (secondary N) is 2. The average molecular weight is 316 g/mol. The van der Waals surface area contributed by atoms with Crippen LogP contribution in [0.3, 0.4) is 0 Å². The molecular weight excluding hydrogens is 294 g/mol. The molecule has 0 atom stereocenters. The van der Waals surface area contributed by atoms with E-state index in [1.54, 1.807) is 6.20 Å². The molecule has 0 aliphatic rings. The van der Waals surface area contributed by atoms with Gasteiger partial charge in [0.1, 0.15) is 5.82 Å². The zero-order chi connectivity index (χ0) is 13.7. The molecule has 0 spiro atoms. The fourth-order valence-corrected chi connectivity index (χ4v) is 2.35. The maximum Gasteiger partial charge on any atom is 0.239 e. The Morgan fingerprint density at radius 1 is 1.28 bits per heavy atom. The Bertz CT molecular complexity index is 373. The lowest BCUT2D eigenvalue weighted by Crippen LogP contribution is -2.25. The van der Waals surface area contributed by atoms with E-state index in [9.17, 15) is 0 Å². The zero-order valence-corrected chi connectivity index (χ0v) is 13.0. The average Bonchev–Trinajstić information content (AvgIpc) is 2.30. The van der Waals surface area contributed by atoms with E-state index < -0.39 is 0 Å². The minimum Gasteiger partial charge on any atom is -0.369 e. The molecule has 0 saturated carbocycles. The molecule has 0 aromatic carbocycles. The number of hydrazine groups is 1. The minimum absolute atomic E-state index is 0.409. The van der Waals surface area contributed by atoms with Gasteiger partial charge in [-0.25, -0.2) is 10.8 Å². The standard InChI is InChI=1S/C12H22BrN5/c1-7(2)9(8(3)4)5-15-11-10(13)6-16-12(17-11)18-14/h6-9H,5,14H2,1-4H3,(H2,15,16,17,18). The number of hydrogen-bond donors (Lipinski definition) is 3. The van der Waals surface area contributed by atoms with E-state index in [2.05, 4.69) is 64.3 Å². The van der Waals surface area contributed by atoms with Crippen molar-refractivity contribution >= 4 is 27.7 Å². The number of nitrogens with zero attached hydrogens (tertiary/aromatic N) is 2. The van der Waals surface area contributed by atoms with Gasteiger partial charge in [-0.05, 0) is 33.7 Å². The third-order valence-electron chi connectivity index (χ3n) is 3.09. The predicted molar refractivity (Wildman–Crippen MR) is 79.2 cm³/mol. The molecule has 0 aliphatic carbocycles. The number of anilines is 2. The Hall–Kier alpha value is -0.880. The van der Waals surface area contributed by atoms with Crippen molar-refractivity contribution in [2.75, 3.05) is 17.3 Å². The number of halogens is 1. The van der Waals surface area contributed by atoms with Crippen LogP contribution >= 0.6 is 15.9 Å². The molecule has 0 unspecified atom stereocenters. The zero-order valence-electron chi connectivity index (χ0n) is 11.4. The summed E-state index contributed by atoms with van der Waals surface area (Å²) in [6.07, 6.45) is 1.68. The molecule has 6 heteroatoms. The summed E-state index contributed by atoms with van der Waals surface area (Å²) in [6, 6.07) is 0. The van der Waals surface area contributed by atoms with E-state index in [1.807, 2.05) is 0 Å². The lowest BCUT2D eigenvalue weighted by atomic mass is 9.85. The Morgan fingerprint density at radius 2 is 1.89 bits per heavy atom. The molecule has 1 aromatic rings. The van der Waals surface area contributed by atoms with Crippen LogP contribution in [0.4, 0.5) is 11.8 Å². The van der Waals surface area contributed by atoms with Crippen LogP contribution in [0.1, 0.15) is 27.7 Å². The summed E-state index contributed by atoms with van der Waals surface area (Å²) in [5.41, 5.74) is 2.44. The van der Waals surface area contributed by atoms with Crippen molar-refractivity contribution in [3.05, 3.63) is 10.7 Å². The van der Waals surface area contributed by atoms with E-state index in [1.165, 1.54) is 0 Å². The smallest absolute Gasteiger partial charge is 0.239 e. The molecule has 18 heavy (non-hydrogen) atoms. The largest absolute Gasteiger partial charge is 0.369 e. The molecule has 0 saturated heterocycles. The van der Waals surface area contributed by atoms with Gasteiger partial charge in [-0.1, -0.05) is 27.7 Å². The lowest BCUT2D eigenvalue weighted by Gasteiger charge is -2.25. The molecule has 102 valence electrons. The highest BCUT2D eigenvalue weighted by atomic mass is 79.9. The summed E-state index contributed by atoms with van der Waals surface area (Å²) in [5.74, 6) is 8.34. The van der Waals surface area contributed by atoms with Crippen molar-refractivity contribution in [2.45, 2.75) is 27.7 Å². The minimum atomic E-state index is 0.409. The Labute approximate surface area is 117 Å². The Kier molecular flexibility index (Phi) is 5.81. The van der Waals surface area contributed by atoms with E-state index in [0.717, 1.165) is 16.8 Å². The molecule has 0 aliphatic heterocycles. The first-order valence-electron chi connectivity index (χ1n) is 6.18. The van der Waals surface area contributed by atoms with E-state index in [4.69, 9.17) is 5.84 Å². The first-order chi connectivity index (χ1) is 8.45. The van der Waals surface area contributed by atoms with Crippen molar-refractivity contribution in [1.29, 1.82) is 0 Å². The summed E-state index contributed by atoms with van der Waals surface area (Å²) in [4.78, 5) is 8.30. The van der Waals surface area contributed by atoms with Gasteiger partial charge in [0.15, 0.2) is 0 Å². The van der Waals surface area contributed by atoms with Crippen molar-refractivity contribution in [1.82, 2.24) is 9.97 Å². The maximum atomic E-state index is 5.30. The van der Waals surface area contributed by atoms with E-state index in [0.29, 0.717) is 23.7 Å². The van der Waals surface area contributed by atoms with Crippen molar-refractivity contribution in [2.24, 2.45) is 23.6 Å². The normalized spacial score (nSPS) is 11.4. The van der Waals surface area contributed by atoms with Gasteiger partial charge in [0, 0.05) is 12.7 Å². The molecule has 0 amide bonds. The highest BCUT2D eigenvalue weighted by Gasteiger charge is 2.17. The van der Waals surface area contributed by atoms with Crippen molar-refractivity contribution in [3.63, 3.8) is 0 Å². The third kappa shape index (κ3) is 4.10. The molecule has 1 heterocycles. The van der Waals surface area contributed by atoms with Crippen LogP contribution in [0.25, 0.3) is 0 Å². The van der Waals surface area contributed by atoms with Crippen LogP contribution in [0.2, 0.25) is 0 Å². The SMILES string of the molecule is CC(C)C(CNc1nc(NN)ncc1Br)C(C)C. The summed E-state index contributed by atoms with van der Waals surface area (Å²) in [6.45, 7) is 9.86. The van der Waals surface area contributed by atoms with Gasteiger partial charge in [0.2, 0.25) is 5.95 Å². The Balaban J connectivity index is 2.72. The predicted octanol–water partition coefficient (Wildman–Crippen LogP) is 2.86. The van der Waals surface area contributed by atoms with Crippen LogP contribution in [0, 0.1) is 17.8 Å². The van der Waals surface area contributed by atoms with Gasteiger partial charge >= 0.3 is 0 Å². The molecule has 1 rings (SSSR count). The fraction of sp³-hybridized carbons (Fsp3) is 0.667. The number of hydrogen-bond acceptors (Lipinski definition) is 5. The molecule has 1 aromatic heterocycles. The molecule has 4 N–H and O–H groups in total. The molecular formula is C12H22BrN5. The van der Waals surface area contributed by atoms with Crippen molar-refractivity contribution < 1.29 is 0 Å². The van der Waals surface area contributed by atoms with Crippen molar-refractivity contribution in [3.8, 4) is 0 Å². The second-order valence-corrected chi connectivity index (χ2v) is 5.92. The second kappa shape index (κ2) is 6.89. The molecule has 0 bridgehead atoms. The van der Waals surface area contributed by atoms with Gasteiger partial charge in [0.05, 0.1) is 4.47 Å². The topological polar surface area (TPSA) is 75.9 Å². The Morgan fingerprint density at radius 3 is 2.39 bits per heavy atom. The monoisotopic (exact) mass is 315 g/mol. The number of aromatic nitrogens is 2. The highest BCUT2D eigenvalue weighted by Crippen LogP contribution is 2.24. The highest BCUT2D eigenvalue weighted by molar-refractivity contribution is 9.10. The summed E-state index contributed by atoms with van der Waals surface area (Å²) in [7, 11) is 0. The van der Waals surface area contributed by atoms with Crippen LogP contribution in [0.5, 0.6) is 0 Å². The van der Waals surface area contributed by atoms with E-state index >= 15 is 0 Å². The van der Waals surface area contributed by atoms with E-state index in [-0.39, 0.29) is 0 Å². The molecule has 0 radical (unpaired) electrons.